The van der Waals surface area contributed by atoms with Crippen molar-refractivity contribution in [2.45, 2.75) is 57.3 Å². The molecule has 3 rings (SSSR count). The summed E-state index contributed by atoms with van der Waals surface area (Å²) in [7, 11) is 1.63. The first-order valence-electron chi connectivity index (χ1n) is 7.88. The van der Waals surface area contributed by atoms with E-state index in [2.05, 4.69) is 18.7 Å². The number of aliphatic hydroxyl groups excluding tert-OH is 1. The maximum absolute atomic E-state index is 10.9. The maximum Gasteiger partial charge on any atom is 0.167 e. The lowest BCUT2D eigenvalue weighted by Gasteiger charge is -2.47. The van der Waals surface area contributed by atoms with E-state index in [-0.39, 0.29) is 6.04 Å². The van der Waals surface area contributed by atoms with Gasteiger partial charge in [0.2, 0.25) is 0 Å². The predicted octanol–water partition coefficient (Wildman–Crippen LogP) is 2.75. The third kappa shape index (κ3) is 2.51. The van der Waals surface area contributed by atoms with Crippen LogP contribution in [0.3, 0.4) is 0 Å². The zero-order chi connectivity index (χ0) is 15.0. The van der Waals surface area contributed by atoms with Crippen LogP contribution in [0.15, 0.2) is 18.2 Å². The molecular formula is C17H25NO3. The maximum atomic E-state index is 10.9. The highest BCUT2D eigenvalue weighted by Gasteiger charge is 2.40. The van der Waals surface area contributed by atoms with Gasteiger partial charge in [-0.25, -0.2) is 0 Å². The van der Waals surface area contributed by atoms with Gasteiger partial charge in [-0.05, 0) is 32.8 Å². The lowest BCUT2D eigenvalue weighted by molar-refractivity contribution is -0.0476. The second-order valence-corrected chi connectivity index (χ2v) is 6.28. The highest BCUT2D eigenvalue weighted by Crippen LogP contribution is 2.42. The van der Waals surface area contributed by atoms with E-state index in [4.69, 9.17) is 9.47 Å². The Hall–Kier alpha value is -1.26. The van der Waals surface area contributed by atoms with E-state index in [0.717, 1.165) is 5.56 Å². The van der Waals surface area contributed by atoms with E-state index in [0.29, 0.717) is 30.2 Å². The van der Waals surface area contributed by atoms with E-state index in [1.807, 2.05) is 18.2 Å². The van der Waals surface area contributed by atoms with Gasteiger partial charge in [-0.15, -0.1) is 0 Å². The number of ether oxygens (including phenoxy) is 2. The minimum Gasteiger partial charge on any atom is -0.493 e. The van der Waals surface area contributed by atoms with Crippen molar-refractivity contribution in [3.05, 3.63) is 23.8 Å². The first-order chi connectivity index (χ1) is 10.1. The zero-order valence-corrected chi connectivity index (χ0v) is 13.1. The van der Waals surface area contributed by atoms with Gasteiger partial charge >= 0.3 is 0 Å². The summed E-state index contributed by atoms with van der Waals surface area (Å²) in [6.07, 6.45) is 3.14. The van der Waals surface area contributed by atoms with Gasteiger partial charge < -0.3 is 14.6 Å². The molecule has 0 radical (unpaired) electrons. The van der Waals surface area contributed by atoms with E-state index >= 15 is 0 Å². The lowest BCUT2D eigenvalue weighted by atomic mass is 9.90. The fourth-order valence-electron chi connectivity index (χ4n) is 3.89. The first-order valence-corrected chi connectivity index (χ1v) is 7.88. The van der Waals surface area contributed by atoms with Crippen molar-refractivity contribution in [1.82, 2.24) is 4.90 Å². The summed E-state index contributed by atoms with van der Waals surface area (Å²) in [6.45, 7) is 5.02. The number of benzene rings is 1. The number of para-hydroxylation sites is 1. The predicted molar refractivity (Wildman–Crippen MR) is 81.9 cm³/mol. The molecule has 4 atom stereocenters. The molecule has 1 N–H and O–H groups in total. The summed E-state index contributed by atoms with van der Waals surface area (Å²) < 4.78 is 11.3. The van der Waals surface area contributed by atoms with Crippen LogP contribution in [0, 0.1) is 0 Å². The molecule has 2 aliphatic rings. The largest absolute Gasteiger partial charge is 0.493 e. The molecule has 0 aromatic heterocycles. The number of nitrogens with zero attached hydrogens (tertiary/aromatic N) is 1. The van der Waals surface area contributed by atoms with Crippen LogP contribution >= 0.6 is 0 Å². The zero-order valence-electron chi connectivity index (χ0n) is 13.1. The summed E-state index contributed by atoms with van der Waals surface area (Å²) in [4.78, 5) is 2.44. The topological polar surface area (TPSA) is 41.9 Å². The molecule has 0 spiro atoms. The Labute approximate surface area is 126 Å². The number of methoxy groups -OCH3 is 1. The molecule has 4 heteroatoms. The van der Waals surface area contributed by atoms with Gasteiger partial charge in [-0.1, -0.05) is 18.6 Å². The van der Waals surface area contributed by atoms with Crippen LogP contribution < -0.4 is 9.47 Å². The van der Waals surface area contributed by atoms with Crippen LogP contribution in [0.2, 0.25) is 0 Å². The number of rotatable bonds is 2. The Kier molecular flexibility index (Phi) is 4.09. The van der Waals surface area contributed by atoms with E-state index in [1.165, 1.54) is 19.3 Å². The summed E-state index contributed by atoms with van der Waals surface area (Å²) in [5.74, 6) is 1.39. The summed E-state index contributed by atoms with van der Waals surface area (Å²) >= 11 is 0. The number of aliphatic hydroxyl groups is 1. The number of fused-ring (bicyclic) bond motifs is 1. The van der Waals surface area contributed by atoms with Gasteiger partial charge in [0.05, 0.1) is 13.2 Å². The highest BCUT2D eigenvalue weighted by molar-refractivity contribution is 5.49. The van der Waals surface area contributed by atoms with Crippen LogP contribution in [0.5, 0.6) is 11.5 Å². The Balaban J connectivity index is 1.90. The molecule has 21 heavy (non-hydrogen) atoms. The molecule has 116 valence electrons. The second kappa shape index (κ2) is 5.85. The van der Waals surface area contributed by atoms with Crippen molar-refractivity contribution < 1.29 is 14.6 Å². The standard InChI is InChI=1S/C17H25NO3/c1-11-6-4-7-12(2)18(11)14-10-21-17-13(16(14)19)8-5-9-15(17)20-3/h5,8-9,11-12,14,16,19H,4,6-7,10H2,1-3H3. The third-order valence-electron chi connectivity index (χ3n) is 4.96. The quantitative estimate of drug-likeness (QED) is 0.910. The van der Waals surface area contributed by atoms with Gasteiger partial charge in [-0.2, -0.15) is 0 Å². The van der Waals surface area contributed by atoms with Gasteiger partial charge in [-0.3, -0.25) is 4.90 Å². The van der Waals surface area contributed by atoms with Crippen LogP contribution in [-0.4, -0.2) is 41.8 Å². The monoisotopic (exact) mass is 291 g/mol. The lowest BCUT2D eigenvalue weighted by Crippen LogP contribution is -2.55. The molecule has 2 heterocycles. The molecule has 4 unspecified atom stereocenters. The Morgan fingerprint density at radius 1 is 1.24 bits per heavy atom. The number of hydrogen-bond acceptors (Lipinski definition) is 4. The Morgan fingerprint density at radius 3 is 2.62 bits per heavy atom. The molecule has 0 amide bonds. The van der Waals surface area contributed by atoms with Crippen molar-refractivity contribution >= 4 is 0 Å². The average molecular weight is 291 g/mol. The van der Waals surface area contributed by atoms with Gasteiger partial charge in [0.25, 0.3) is 0 Å². The average Bonchev–Trinajstić information content (AvgIpc) is 2.48. The molecule has 2 aliphatic heterocycles. The molecule has 0 aliphatic carbocycles. The van der Waals surface area contributed by atoms with Crippen LogP contribution in [0.1, 0.15) is 44.8 Å². The molecule has 4 nitrogen and oxygen atoms in total. The summed E-state index contributed by atoms with van der Waals surface area (Å²) in [6, 6.07) is 6.73. The van der Waals surface area contributed by atoms with Gasteiger partial charge in [0.1, 0.15) is 12.7 Å². The third-order valence-corrected chi connectivity index (χ3v) is 4.96. The first kappa shape index (κ1) is 14.7. The van der Waals surface area contributed by atoms with Crippen LogP contribution in [-0.2, 0) is 0 Å². The van der Waals surface area contributed by atoms with Crippen molar-refractivity contribution in [2.75, 3.05) is 13.7 Å². The fourth-order valence-corrected chi connectivity index (χ4v) is 3.89. The molecular weight excluding hydrogens is 266 g/mol. The Bertz CT molecular complexity index is 495. The molecule has 0 bridgehead atoms. The van der Waals surface area contributed by atoms with Crippen LogP contribution in [0.4, 0.5) is 0 Å². The summed E-state index contributed by atoms with van der Waals surface area (Å²) in [5, 5.41) is 10.9. The number of likely N-dealkylation sites (tertiary alicyclic amines) is 1. The van der Waals surface area contributed by atoms with Gasteiger partial charge in [0.15, 0.2) is 11.5 Å². The van der Waals surface area contributed by atoms with E-state index in [9.17, 15) is 5.11 Å². The molecule has 1 aromatic carbocycles. The number of hydrogen-bond donors (Lipinski definition) is 1. The van der Waals surface area contributed by atoms with Crippen molar-refractivity contribution in [1.29, 1.82) is 0 Å². The minimum atomic E-state index is -0.521. The fraction of sp³-hybridized carbons (Fsp3) is 0.647. The molecule has 0 saturated carbocycles. The normalized spacial score (nSPS) is 33.1. The SMILES string of the molecule is COc1cccc2c1OCC(N1C(C)CCCC1C)C2O. The second-order valence-electron chi connectivity index (χ2n) is 6.28. The smallest absolute Gasteiger partial charge is 0.167 e. The number of piperidine rings is 1. The van der Waals surface area contributed by atoms with Gasteiger partial charge in [0, 0.05) is 17.6 Å². The van der Waals surface area contributed by atoms with Crippen molar-refractivity contribution in [3.63, 3.8) is 0 Å². The van der Waals surface area contributed by atoms with Crippen molar-refractivity contribution in [2.24, 2.45) is 0 Å². The van der Waals surface area contributed by atoms with Crippen LogP contribution in [0.25, 0.3) is 0 Å². The minimum absolute atomic E-state index is 0.0231. The highest BCUT2D eigenvalue weighted by atomic mass is 16.5. The Morgan fingerprint density at radius 2 is 1.95 bits per heavy atom. The molecule has 1 fully saturated rings. The van der Waals surface area contributed by atoms with E-state index in [1.54, 1.807) is 7.11 Å². The van der Waals surface area contributed by atoms with Crippen molar-refractivity contribution in [3.8, 4) is 11.5 Å². The summed E-state index contributed by atoms with van der Waals surface area (Å²) in [5.41, 5.74) is 0.843. The van der Waals surface area contributed by atoms with E-state index < -0.39 is 6.10 Å². The molecule has 1 saturated heterocycles. The molecule has 1 aromatic rings.